The van der Waals surface area contributed by atoms with Crippen molar-refractivity contribution in [2.24, 2.45) is 5.73 Å². The Kier molecular flexibility index (Phi) is 5.07. The molecule has 0 aromatic heterocycles. The van der Waals surface area contributed by atoms with Gasteiger partial charge in [-0.15, -0.1) is 0 Å². The molecular weight excluding hydrogens is 90.1 g/mol. The molecule has 2 N–H and O–H groups in total. The first-order valence-electron chi connectivity index (χ1n) is 2.15. The summed E-state index contributed by atoms with van der Waals surface area (Å²) in [6.45, 7) is 0.243. The minimum absolute atomic E-state index is 0.306. The maximum absolute atomic E-state index is 9.59. The minimum Gasteiger partial charge on any atom is -0.330 e. The summed E-state index contributed by atoms with van der Waals surface area (Å²) in [5.74, 6) is 4.96. The highest BCUT2D eigenvalue weighted by Gasteiger charge is 1.66. The Balaban J connectivity index is 2.91. The van der Waals surface area contributed by atoms with E-state index in [-0.39, 0.29) is 6.61 Å². The van der Waals surface area contributed by atoms with Gasteiger partial charge < -0.3 is 5.73 Å². The zero-order valence-corrected chi connectivity index (χ0v) is 4.11. The zero-order valence-electron chi connectivity index (χ0n) is 4.11. The third-order valence-corrected chi connectivity index (χ3v) is 0.467. The topological polar surface area (TPSA) is 45.9 Å². The largest absolute Gasteiger partial charge is 0.330 e. The van der Waals surface area contributed by atoms with Crippen LogP contribution in [0.3, 0.4) is 0 Å². The molecule has 39 valence electrons. The van der Waals surface area contributed by atoms with Crippen molar-refractivity contribution in [1.29, 1.82) is 0 Å². The van der Waals surface area contributed by atoms with Crippen LogP contribution in [0.25, 0.3) is 0 Å². The van der Waals surface area contributed by atoms with Gasteiger partial charge in [0.1, 0.15) is 6.61 Å². The van der Waals surface area contributed by atoms with Crippen LogP contribution in [0.2, 0.25) is 0 Å². The Morgan fingerprint density at radius 2 is 2.14 bits per heavy atom. The lowest BCUT2D eigenvalue weighted by Crippen LogP contribution is -1.95. The van der Waals surface area contributed by atoms with Crippen LogP contribution in [-0.2, 0) is 5.11 Å². The van der Waals surface area contributed by atoms with E-state index in [1.165, 1.54) is 0 Å². The predicted molar refractivity (Wildman–Crippen MR) is 27.0 cm³/mol. The molecule has 2 heteroatoms. The van der Waals surface area contributed by atoms with Crippen LogP contribution in [0, 0.1) is 11.8 Å². The van der Waals surface area contributed by atoms with Gasteiger partial charge in [-0.05, 0) is 0 Å². The summed E-state index contributed by atoms with van der Waals surface area (Å²) < 4.78 is 0. The maximum atomic E-state index is 9.59. The van der Waals surface area contributed by atoms with Crippen LogP contribution < -0.4 is 5.73 Å². The van der Waals surface area contributed by atoms with Crippen molar-refractivity contribution in [3.8, 4) is 11.8 Å². The lowest BCUT2D eigenvalue weighted by Gasteiger charge is -1.74. The second-order valence-electron chi connectivity index (χ2n) is 1.04. The third kappa shape index (κ3) is 5.48. The van der Waals surface area contributed by atoms with Gasteiger partial charge in [-0.25, -0.2) is 5.11 Å². The van der Waals surface area contributed by atoms with Gasteiger partial charge in [-0.2, -0.15) is 0 Å². The molecular formula is C5H8NO. The van der Waals surface area contributed by atoms with Gasteiger partial charge in [0.25, 0.3) is 0 Å². The van der Waals surface area contributed by atoms with Crippen molar-refractivity contribution in [2.75, 3.05) is 13.2 Å². The summed E-state index contributed by atoms with van der Waals surface area (Å²) in [6.07, 6.45) is 0.641. The fourth-order valence-corrected chi connectivity index (χ4v) is 0.212. The van der Waals surface area contributed by atoms with E-state index in [0.29, 0.717) is 13.0 Å². The molecule has 0 aromatic carbocycles. The second-order valence-corrected chi connectivity index (χ2v) is 1.04. The minimum atomic E-state index is -0.306. The van der Waals surface area contributed by atoms with Gasteiger partial charge in [0.15, 0.2) is 0 Å². The molecule has 0 unspecified atom stereocenters. The molecule has 0 saturated heterocycles. The zero-order chi connectivity index (χ0) is 5.54. The first-order chi connectivity index (χ1) is 3.41. The van der Waals surface area contributed by atoms with Gasteiger partial charge in [-0.1, -0.05) is 11.8 Å². The highest BCUT2D eigenvalue weighted by atomic mass is 16.2. The summed E-state index contributed by atoms with van der Waals surface area (Å²) in [4.78, 5) is 0. The molecule has 0 bridgehead atoms. The van der Waals surface area contributed by atoms with Crippen LogP contribution >= 0.6 is 0 Å². The molecule has 7 heavy (non-hydrogen) atoms. The molecule has 0 atom stereocenters. The highest BCUT2D eigenvalue weighted by Crippen LogP contribution is 1.64. The molecule has 0 amide bonds. The number of hydrogen-bond donors (Lipinski definition) is 1. The lowest BCUT2D eigenvalue weighted by molar-refractivity contribution is 0.239. The van der Waals surface area contributed by atoms with Crippen molar-refractivity contribution < 1.29 is 5.11 Å². The summed E-state index contributed by atoms with van der Waals surface area (Å²) in [6, 6.07) is 0. The van der Waals surface area contributed by atoms with Crippen LogP contribution in [-0.4, -0.2) is 13.2 Å². The Morgan fingerprint density at radius 1 is 1.43 bits per heavy atom. The first-order valence-corrected chi connectivity index (χ1v) is 2.15. The van der Waals surface area contributed by atoms with Gasteiger partial charge in [0.2, 0.25) is 0 Å². The molecule has 0 rings (SSSR count). The van der Waals surface area contributed by atoms with Crippen molar-refractivity contribution in [1.82, 2.24) is 0 Å². The SMILES string of the molecule is NCCC#CC[O]. The highest BCUT2D eigenvalue weighted by molar-refractivity contribution is 4.98. The molecule has 1 radical (unpaired) electrons. The molecule has 0 aromatic rings. The summed E-state index contributed by atoms with van der Waals surface area (Å²) >= 11 is 0. The molecule has 2 nitrogen and oxygen atoms in total. The van der Waals surface area contributed by atoms with Crippen LogP contribution in [0.5, 0.6) is 0 Å². The van der Waals surface area contributed by atoms with Gasteiger partial charge in [0, 0.05) is 13.0 Å². The van der Waals surface area contributed by atoms with E-state index >= 15 is 0 Å². The van der Waals surface area contributed by atoms with E-state index < -0.39 is 0 Å². The summed E-state index contributed by atoms with van der Waals surface area (Å²) in [7, 11) is 0. The standard InChI is InChI=1S/C5H8NO/c6-4-2-1-3-5-7/h2,4-6H2. The Morgan fingerprint density at radius 3 is 2.57 bits per heavy atom. The maximum Gasteiger partial charge on any atom is 0.143 e. The molecule has 0 heterocycles. The average Bonchev–Trinajstić information content (AvgIpc) is 1.69. The third-order valence-electron chi connectivity index (χ3n) is 0.467. The lowest BCUT2D eigenvalue weighted by atomic mass is 10.4. The quantitative estimate of drug-likeness (QED) is 0.452. The predicted octanol–water partition coefficient (Wildman–Crippen LogP) is -0.231. The average molecular weight is 98.1 g/mol. The second kappa shape index (κ2) is 5.48. The Labute approximate surface area is 43.3 Å². The first kappa shape index (κ1) is 6.48. The van der Waals surface area contributed by atoms with E-state index in [1.807, 2.05) is 0 Å². The fourth-order valence-electron chi connectivity index (χ4n) is 0.212. The van der Waals surface area contributed by atoms with E-state index in [4.69, 9.17) is 5.73 Å². The Bertz CT molecular complexity index is 79.8. The van der Waals surface area contributed by atoms with Gasteiger partial charge in [-0.3, -0.25) is 0 Å². The normalized spacial score (nSPS) is 7.14. The molecule has 0 aliphatic carbocycles. The van der Waals surface area contributed by atoms with E-state index in [0.717, 1.165) is 0 Å². The fraction of sp³-hybridized carbons (Fsp3) is 0.600. The van der Waals surface area contributed by atoms with Gasteiger partial charge >= 0.3 is 0 Å². The molecule has 0 aliphatic heterocycles. The van der Waals surface area contributed by atoms with Crippen molar-refractivity contribution in [3.63, 3.8) is 0 Å². The van der Waals surface area contributed by atoms with Crippen LogP contribution in [0.1, 0.15) is 6.42 Å². The number of rotatable bonds is 1. The molecule has 0 aliphatic rings. The smallest absolute Gasteiger partial charge is 0.143 e. The van der Waals surface area contributed by atoms with E-state index in [9.17, 15) is 5.11 Å². The number of hydrogen-bond acceptors (Lipinski definition) is 1. The van der Waals surface area contributed by atoms with Crippen LogP contribution in [0.15, 0.2) is 0 Å². The summed E-state index contributed by atoms with van der Waals surface area (Å²) in [5, 5.41) is 9.59. The number of nitrogens with two attached hydrogens (primary N) is 1. The molecule has 0 saturated carbocycles. The summed E-state index contributed by atoms with van der Waals surface area (Å²) in [5.41, 5.74) is 5.06. The van der Waals surface area contributed by atoms with E-state index in [1.54, 1.807) is 0 Å². The molecule has 0 fully saturated rings. The van der Waals surface area contributed by atoms with Crippen molar-refractivity contribution in [3.05, 3.63) is 0 Å². The van der Waals surface area contributed by atoms with Crippen molar-refractivity contribution in [2.45, 2.75) is 6.42 Å². The van der Waals surface area contributed by atoms with Crippen molar-refractivity contribution >= 4 is 0 Å². The monoisotopic (exact) mass is 98.1 g/mol. The van der Waals surface area contributed by atoms with E-state index in [2.05, 4.69) is 11.8 Å². The Hall–Kier alpha value is -0.520. The van der Waals surface area contributed by atoms with Gasteiger partial charge in [0.05, 0.1) is 0 Å². The van der Waals surface area contributed by atoms with Crippen LogP contribution in [0.4, 0.5) is 0 Å². The molecule has 0 spiro atoms.